The molecule has 208 valence electrons. The maximum absolute atomic E-state index is 4.18. The van der Waals surface area contributed by atoms with Crippen LogP contribution in [0, 0.1) is 0 Å². The van der Waals surface area contributed by atoms with Crippen LogP contribution < -0.4 is 4.90 Å². The van der Waals surface area contributed by atoms with Crippen molar-refractivity contribution in [1.82, 2.24) is 14.5 Å². The Morgan fingerprint density at radius 1 is 0.409 bits per heavy atom. The van der Waals surface area contributed by atoms with Gasteiger partial charge in [-0.3, -0.25) is 0 Å². The van der Waals surface area contributed by atoms with Crippen LogP contribution in [0.5, 0.6) is 0 Å². The van der Waals surface area contributed by atoms with E-state index in [0.717, 1.165) is 45.0 Å². The van der Waals surface area contributed by atoms with Gasteiger partial charge in [0.05, 0.1) is 11.0 Å². The monoisotopic (exact) mass is 564 g/mol. The van der Waals surface area contributed by atoms with E-state index < -0.39 is 0 Å². The Morgan fingerprint density at radius 2 is 1.02 bits per heavy atom. The van der Waals surface area contributed by atoms with Gasteiger partial charge in [-0.05, 0) is 83.4 Å². The van der Waals surface area contributed by atoms with E-state index in [1.165, 1.54) is 21.8 Å². The predicted molar refractivity (Wildman–Crippen MR) is 182 cm³/mol. The van der Waals surface area contributed by atoms with E-state index in [9.17, 15) is 0 Å². The zero-order chi connectivity index (χ0) is 29.3. The Kier molecular flexibility index (Phi) is 6.43. The Morgan fingerprint density at radius 3 is 1.73 bits per heavy atom. The fourth-order valence-corrected chi connectivity index (χ4v) is 6.11. The van der Waals surface area contributed by atoms with E-state index in [4.69, 9.17) is 0 Å². The molecule has 2 aromatic heterocycles. The summed E-state index contributed by atoms with van der Waals surface area (Å²) < 4.78 is 2.37. The number of anilines is 3. The normalized spacial score (nSPS) is 11.2. The van der Waals surface area contributed by atoms with Crippen molar-refractivity contribution in [2.24, 2.45) is 0 Å². The van der Waals surface area contributed by atoms with E-state index in [1.54, 1.807) is 6.33 Å². The standard InChI is InChI=1S/C40H28N4/c1-3-12-33(13-4-1)43(34-14-5-2-6-15-34)36-22-23-40-38(25-36)37-16-7-8-17-39(37)44(40)35-20-18-29(19-21-35)30-10-9-11-31(24-30)32-26-41-28-42-27-32/h1-28H. The van der Waals surface area contributed by atoms with Gasteiger partial charge in [0.2, 0.25) is 0 Å². The van der Waals surface area contributed by atoms with Crippen LogP contribution in [0.1, 0.15) is 0 Å². The molecule has 0 atom stereocenters. The van der Waals surface area contributed by atoms with Gasteiger partial charge in [0, 0.05) is 51.5 Å². The molecular formula is C40H28N4. The Balaban J connectivity index is 1.23. The maximum atomic E-state index is 4.18. The highest BCUT2D eigenvalue weighted by Gasteiger charge is 2.17. The fourth-order valence-electron chi connectivity index (χ4n) is 6.11. The van der Waals surface area contributed by atoms with Crippen LogP contribution >= 0.6 is 0 Å². The third kappa shape index (κ3) is 4.59. The Bertz CT molecular complexity index is 2170. The number of benzene rings is 6. The highest BCUT2D eigenvalue weighted by atomic mass is 15.1. The highest BCUT2D eigenvalue weighted by molar-refractivity contribution is 6.10. The van der Waals surface area contributed by atoms with Gasteiger partial charge in [-0.1, -0.05) is 84.9 Å². The predicted octanol–water partition coefficient (Wildman–Crippen LogP) is 10.4. The molecule has 0 saturated carbocycles. The second-order valence-corrected chi connectivity index (χ2v) is 10.8. The van der Waals surface area contributed by atoms with Crippen LogP contribution in [0.3, 0.4) is 0 Å². The molecular weight excluding hydrogens is 536 g/mol. The number of para-hydroxylation sites is 3. The van der Waals surface area contributed by atoms with Crippen molar-refractivity contribution < 1.29 is 0 Å². The number of hydrogen-bond acceptors (Lipinski definition) is 3. The summed E-state index contributed by atoms with van der Waals surface area (Å²) in [4.78, 5) is 10.7. The molecule has 6 aromatic carbocycles. The molecule has 44 heavy (non-hydrogen) atoms. The first-order valence-corrected chi connectivity index (χ1v) is 14.7. The van der Waals surface area contributed by atoms with Crippen LogP contribution in [0.2, 0.25) is 0 Å². The van der Waals surface area contributed by atoms with Crippen molar-refractivity contribution in [2.75, 3.05) is 4.90 Å². The number of aromatic nitrogens is 3. The molecule has 0 unspecified atom stereocenters. The number of nitrogens with zero attached hydrogens (tertiary/aromatic N) is 4. The van der Waals surface area contributed by atoms with Gasteiger partial charge in [-0.25, -0.2) is 9.97 Å². The molecule has 0 aliphatic carbocycles. The molecule has 4 nitrogen and oxygen atoms in total. The van der Waals surface area contributed by atoms with Gasteiger partial charge in [-0.15, -0.1) is 0 Å². The maximum Gasteiger partial charge on any atom is 0.115 e. The minimum atomic E-state index is 1.01. The summed E-state index contributed by atoms with van der Waals surface area (Å²) in [5.74, 6) is 0. The minimum absolute atomic E-state index is 1.01. The van der Waals surface area contributed by atoms with E-state index >= 15 is 0 Å². The van der Waals surface area contributed by atoms with Gasteiger partial charge in [0.25, 0.3) is 0 Å². The van der Waals surface area contributed by atoms with Gasteiger partial charge in [-0.2, -0.15) is 0 Å². The minimum Gasteiger partial charge on any atom is -0.310 e. The van der Waals surface area contributed by atoms with E-state index in [1.807, 2.05) is 12.4 Å². The summed E-state index contributed by atoms with van der Waals surface area (Å²) in [6, 6.07) is 54.0. The average molecular weight is 565 g/mol. The molecule has 8 aromatic rings. The molecule has 4 heteroatoms. The molecule has 0 radical (unpaired) electrons. The van der Waals surface area contributed by atoms with Crippen LogP contribution in [0.25, 0.3) is 49.7 Å². The molecule has 0 aliphatic heterocycles. The quantitative estimate of drug-likeness (QED) is 0.201. The largest absolute Gasteiger partial charge is 0.310 e. The Labute approximate surface area is 256 Å². The Hall–Kier alpha value is -6.00. The summed E-state index contributed by atoms with van der Waals surface area (Å²) in [7, 11) is 0. The van der Waals surface area contributed by atoms with Crippen molar-refractivity contribution in [3.63, 3.8) is 0 Å². The smallest absolute Gasteiger partial charge is 0.115 e. The molecule has 0 bridgehead atoms. The first-order valence-electron chi connectivity index (χ1n) is 14.7. The summed E-state index contributed by atoms with van der Waals surface area (Å²) in [6.07, 6.45) is 5.26. The average Bonchev–Trinajstić information content (AvgIpc) is 3.44. The number of fused-ring (bicyclic) bond motifs is 3. The van der Waals surface area contributed by atoms with E-state index in [-0.39, 0.29) is 0 Å². The molecule has 0 saturated heterocycles. The molecule has 0 amide bonds. The lowest BCUT2D eigenvalue weighted by atomic mass is 10.0. The van der Waals surface area contributed by atoms with Gasteiger partial charge >= 0.3 is 0 Å². The summed E-state index contributed by atoms with van der Waals surface area (Å²) in [6.45, 7) is 0. The lowest BCUT2D eigenvalue weighted by Gasteiger charge is -2.25. The molecule has 0 fully saturated rings. The lowest BCUT2D eigenvalue weighted by Crippen LogP contribution is -2.09. The van der Waals surface area contributed by atoms with Crippen molar-refractivity contribution in [3.8, 4) is 27.9 Å². The van der Waals surface area contributed by atoms with Crippen molar-refractivity contribution in [1.29, 1.82) is 0 Å². The number of rotatable bonds is 6. The second kappa shape index (κ2) is 11.0. The van der Waals surface area contributed by atoms with Crippen LogP contribution in [-0.2, 0) is 0 Å². The topological polar surface area (TPSA) is 34.0 Å². The zero-order valence-electron chi connectivity index (χ0n) is 24.0. The number of hydrogen-bond donors (Lipinski definition) is 0. The lowest BCUT2D eigenvalue weighted by molar-refractivity contribution is 1.17. The van der Waals surface area contributed by atoms with E-state index in [0.29, 0.717) is 0 Å². The molecule has 8 rings (SSSR count). The molecule has 0 N–H and O–H groups in total. The second-order valence-electron chi connectivity index (χ2n) is 10.8. The summed E-state index contributed by atoms with van der Waals surface area (Å²) in [5, 5.41) is 2.45. The summed E-state index contributed by atoms with van der Waals surface area (Å²) in [5.41, 5.74) is 11.3. The van der Waals surface area contributed by atoms with Crippen molar-refractivity contribution in [3.05, 3.63) is 170 Å². The van der Waals surface area contributed by atoms with Crippen LogP contribution in [0.15, 0.2) is 170 Å². The molecule has 0 aliphatic rings. The fraction of sp³-hybridized carbons (Fsp3) is 0. The van der Waals surface area contributed by atoms with Gasteiger partial charge in [0.15, 0.2) is 0 Å². The first kappa shape index (κ1) is 25.7. The highest BCUT2D eigenvalue weighted by Crippen LogP contribution is 2.39. The SMILES string of the molecule is c1ccc(N(c2ccccc2)c2ccc3c(c2)c2ccccc2n3-c2ccc(-c3cccc(-c4cncnc4)c3)cc2)cc1. The van der Waals surface area contributed by atoms with Crippen molar-refractivity contribution >= 4 is 38.9 Å². The van der Waals surface area contributed by atoms with Crippen molar-refractivity contribution in [2.45, 2.75) is 0 Å². The van der Waals surface area contributed by atoms with Crippen LogP contribution in [-0.4, -0.2) is 14.5 Å². The molecule has 0 spiro atoms. The zero-order valence-corrected chi connectivity index (χ0v) is 24.0. The van der Waals surface area contributed by atoms with Gasteiger partial charge < -0.3 is 9.47 Å². The third-order valence-electron chi connectivity index (χ3n) is 8.16. The third-order valence-corrected chi connectivity index (χ3v) is 8.16. The molecule has 2 heterocycles. The van der Waals surface area contributed by atoms with Gasteiger partial charge in [0.1, 0.15) is 6.33 Å². The summed E-state index contributed by atoms with van der Waals surface area (Å²) >= 11 is 0. The van der Waals surface area contributed by atoms with Crippen LogP contribution in [0.4, 0.5) is 17.1 Å². The first-order chi connectivity index (χ1) is 21.8. The van der Waals surface area contributed by atoms with E-state index in [2.05, 4.69) is 171 Å².